The molecule has 4 aromatic rings. The van der Waals surface area contributed by atoms with Crippen molar-refractivity contribution in [2.24, 2.45) is 5.10 Å². The number of aryl methyl sites for hydroxylation is 3. The maximum Gasteiger partial charge on any atom is 0.216 e. The fourth-order valence-electron chi connectivity index (χ4n) is 3.27. The zero-order valence-corrected chi connectivity index (χ0v) is 16.0. The fraction of sp³-hybridized carbons (Fsp3) is 0.190. The number of nitrogens with one attached hydrogen (secondary N) is 1. The summed E-state index contributed by atoms with van der Waals surface area (Å²) in [6.45, 7) is 3.06. The summed E-state index contributed by atoms with van der Waals surface area (Å²) in [5.74, 6) is 0.833. The number of benzene rings is 2. The van der Waals surface area contributed by atoms with Crippen LogP contribution in [0.3, 0.4) is 0 Å². The first-order valence-electron chi connectivity index (χ1n) is 9.08. The van der Waals surface area contributed by atoms with Crippen molar-refractivity contribution in [3.8, 4) is 0 Å². The number of rotatable bonds is 6. The number of nitrogens with zero attached hydrogens (tertiary/aromatic N) is 4. The molecule has 0 saturated carbocycles. The molecule has 1 N–H and O–H groups in total. The van der Waals surface area contributed by atoms with E-state index in [1.165, 1.54) is 16.5 Å². The van der Waals surface area contributed by atoms with Crippen LogP contribution in [0.4, 0.5) is 0 Å². The van der Waals surface area contributed by atoms with Crippen LogP contribution in [0.25, 0.3) is 10.9 Å². The van der Waals surface area contributed by atoms with Crippen LogP contribution in [0.2, 0.25) is 0 Å². The molecule has 0 amide bonds. The monoisotopic (exact) mass is 375 g/mol. The molecular weight excluding hydrogens is 354 g/mol. The minimum atomic E-state index is 0.508. The van der Waals surface area contributed by atoms with Gasteiger partial charge < -0.3 is 4.57 Å². The third-order valence-electron chi connectivity index (χ3n) is 4.67. The number of para-hydroxylation sites is 1. The molecule has 0 aliphatic heterocycles. The first-order valence-corrected chi connectivity index (χ1v) is 9.49. The smallest absolute Gasteiger partial charge is 0.216 e. The van der Waals surface area contributed by atoms with Crippen LogP contribution >= 0.6 is 12.2 Å². The number of fused-ring (bicyclic) bond motifs is 1. The molecule has 2 aromatic carbocycles. The van der Waals surface area contributed by atoms with Gasteiger partial charge in [0.15, 0.2) is 5.82 Å². The van der Waals surface area contributed by atoms with Gasteiger partial charge in [0.05, 0.1) is 6.21 Å². The second-order valence-corrected chi connectivity index (χ2v) is 6.76. The minimum Gasteiger partial charge on any atom is -0.347 e. The molecular formula is C21H21N5S. The lowest BCUT2D eigenvalue weighted by molar-refractivity contribution is 0.750. The number of hydrogen-bond acceptors (Lipinski definition) is 3. The molecule has 0 unspecified atom stereocenters. The number of aromatic nitrogens is 4. The van der Waals surface area contributed by atoms with Crippen molar-refractivity contribution < 1.29 is 0 Å². The second kappa shape index (κ2) is 7.72. The molecule has 0 spiro atoms. The maximum atomic E-state index is 5.37. The Morgan fingerprint density at radius 3 is 2.67 bits per heavy atom. The molecule has 5 nitrogen and oxygen atoms in total. The highest BCUT2D eigenvalue weighted by molar-refractivity contribution is 7.71. The van der Waals surface area contributed by atoms with Crippen LogP contribution in [-0.4, -0.2) is 25.7 Å². The molecule has 0 fully saturated rings. The molecule has 0 aliphatic rings. The summed E-state index contributed by atoms with van der Waals surface area (Å²) >= 11 is 5.37. The van der Waals surface area contributed by atoms with E-state index in [1.807, 2.05) is 24.4 Å². The summed E-state index contributed by atoms with van der Waals surface area (Å²) in [6.07, 6.45) is 5.66. The topological polar surface area (TPSA) is 50.9 Å². The van der Waals surface area contributed by atoms with Gasteiger partial charge >= 0.3 is 0 Å². The number of hydrogen-bond donors (Lipinski definition) is 1. The molecule has 136 valence electrons. The Balaban J connectivity index is 1.62. The molecule has 0 atom stereocenters. The minimum absolute atomic E-state index is 0.508. The van der Waals surface area contributed by atoms with E-state index in [2.05, 4.69) is 69.4 Å². The summed E-state index contributed by atoms with van der Waals surface area (Å²) in [7, 11) is 0. The van der Waals surface area contributed by atoms with Crippen molar-refractivity contribution in [3.05, 3.63) is 82.5 Å². The van der Waals surface area contributed by atoms with Crippen molar-refractivity contribution in [1.82, 2.24) is 19.4 Å². The highest BCUT2D eigenvalue weighted by Gasteiger charge is 2.08. The van der Waals surface area contributed by atoms with Crippen LogP contribution in [0.5, 0.6) is 0 Å². The SMILES string of the molecule is CCn1cc(/C=N\n2c(CCc3ccccc3)n[nH]c2=S)c2ccccc21. The van der Waals surface area contributed by atoms with Crippen LogP contribution in [0.1, 0.15) is 23.9 Å². The van der Waals surface area contributed by atoms with Gasteiger partial charge in [0.25, 0.3) is 0 Å². The summed E-state index contributed by atoms with van der Waals surface area (Å²) in [6, 6.07) is 18.7. The first kappa shape index (κ1) is 17.4. The molecule has 6 heteroatoms. The van der Waals surface area contributed by atoms with E-state index >= 15 is 0 Å². The van der Waals surface area contributed by atoms with Gasteiger partial charge in [-0.2, -0.15) is 14.9 Å². The van der Waals surface area contributed by atoms with Gasteiger partial charge in [0, 0.05) is 35.6 Å². The summed E-state index contributed by atoms with van der Waals surface area (Å²) in [5, 5.41) is 13.0. The second-order valence-electron chi connectivity index (χ2n) is 6.37. The summed E-state index contributed by atoms with van der Waals surface area (Å²) < 4.78 is 4.45. The molecule has 2 heterocycles. The van der Waals surface area contributed by atoms with Crippen molar-refractivity contribution >= 4 is 29.3 Å². The first-order chi connectivity index (χ1) is 13.3. The van der Waals surface area contributed by atoms with E-state index in [1.54, 1.807) is 4.68 Å². The maximum absolute atomic E-state index is 5.37. The normalized spacial score (nSPS) is 11.6. The highest BCUT2D eigenvalue weighted by atomic mass is 32.1. The van der Waals surface area contributed by atoms with E-state index in [4.69, 9.17) is 12.2 Å². The third kappa shape index (κ3) is 3.61. The Morgan fingerprint density at radius 2 is 1.85 bits per heavy atom. The lowest BCUT2D eigenvalue weighted by atomic mass is 10.1. The lowest BCUT2D eigenvalue weighted by Gasteiger charge is -2.01. The summed E-state index contributed by atoms with van der Waals surface area (Å²) in [4.78, 5) is 0. The predicted octanol–water partition coefficient (Wildman–Crippen LogP) is 4.58. The quantitative estimate of drug-likeness (QED) is 0.396. The van der Waals surface area contributed by atoms with Crippen molar-refractivity contribution in [1.29, 1.82) is 0 Å². The van der Waals surface area contributed by atoms with Gasteiger partial charge in [-0.05, 0) is 37.2 Å². The van der Waals surface area contributed by atoms with Crippen LogP contribution < -0.4 is 0 Å². The standard InChI is InChI=1S/C21H21N5S/c1-2-25-15-17(18-10-6-7-11-19(18)25)14-22-26-20(23-24-21(26)27)13-12-16-8-4-3-5-9-16/h3-11,14-15H,2,12-13H2,1H3,(H,24,27)/b22-14-. The van der Waals surface area contributed by atoms with Crippen LogP contribution in [0, 0.1) is 4.77 Å². The van der Waals surface area contributed by atoms with Gasteiger partial charge in [0.2, 0.25) is 4.77 Å². The van der Waals surface area contributed by atoms with E-state index in [0.717, 1.165) is 30.8 Å². The van der Waals surface area contributed by atoms with E-state index in [9.17, 15) is 0 Å². The average Bonchev–Trinajstić information content (AvgIpc) is 3.25. The van der Waals surface area contributed by atoms with Gasteiger partial charge in [-0.25, -0.2) is 0 Å². The molecule has 0 bridgehead atoms. The van der Waals surface area contributed by atoms with E-state index in [-0.39, 0.29) is 0 Å². The van der Waals surface area contributed by atoms with Gasteiger partial charge in [-0.15, -0.1) is 0 Å². The van der Waals surface area contributed by atoms with E-state index in [0.29, 0.717) is 4.77 Å². The number of H-pyrrole nitrogens is 1. The van der Waals surface area contributed by atoms with Crippen LogP contribution in [0.15, 0.2) is 65.9 Å². The Hall–Kier alpha value is -2.99. The van der Waals surface area contributed by atoms with E-state index < -0.39 is 0 Å². The molecule has 2 aromatic heterocycles. The third-order valence-corrected chi connectivity index (χ3v) is 4.93. The molecule has 0 radical (unpaired) electrons. The van der Waals surface area contributed by atoms with Crippen molar-refractivity contribution in [3.63, 3.8) is 0 Å². The fourth-order valence-corrected chi connectivity index (χ4v) is 3.46. The zero-order chi connectivity index (χ0) is 18.6. The van der Waals surface area contributed by atoms with Gasteiger partial charge in [0.1, 0.15) is 0 Å². The van der Waals surface area contributed by atoms with Crippen molar-refractivity contribution in [2.45, 2.75) is 26.3 Å². The highest BCUT2D eigenvalue weighted by Crippen LogP contribution is 2.20. The Morgan fingerprint density at radius 1 is 1.07 bits per heavy atom. The van der Waals surface area contributed by atoms with Crippen LogP contribution in [-0.2, 0) is 19.4 Å². The lowest BCUT2D eigenvalue weighted by Crippen LogP contribution is -2.01. The largest absolute Gasteiger partial charge is 0.347 e. The Labute approximate surface area is 163 Å². The zero-order valence-electron chi connectivity index (χ0n) is 15.2. The molecule has 0 saturated heterocycles. The summed E-state index contributed by atoms with van der Waals surface area (Å²) in [5.41, 5.74) is 3.55. The molecule has 27 heavy (non-hydrogen) atoms. The molecule has 0 aliphatic carbocycles. The average molecular weight is 376 g/mol. The Kier molecular flexibility index (Phi) is 4.98. The van der Waals surface area contributed by atoms with Crippen molar-refractivity contribution in [2.75, 3.05) is 0 Å². The van der Waals surface area contributed by atoms with Gasteiger partial charge in [-0.3, -0.25) is 5.10 Å². The number of aromatic amines is 1. The Bertz CT molecular complexity index is 1130. The predicted molar refractivity (Wildman–Crippen MR) is 112 cm³/mol. The van der Waals surface area contributed by atoms with Gasteiger partial charge in [-0.1, -0.05) is 48.5 Å². The molecule has 4 rings (SSSR count).